The zero-order chi connectivity index (χ0) is 21.3. The van der Waals surface area contributed by atoms with E-state index in [1.165, 1.54) is 5.56 Å². The standard InChI is InChI=1S/C22H38N4O3.HI/c1-6-23-20(25-16-22(4,27)17-26-11-13-29-14-12-26)24-15-21(2,3)18-7-9-19(28-5)10-8-18;/h7-10,27H,6,11-17H2,1-5H3,(H2,23,24,25);1H. The Morgan fingerprint density at radius 1 is 1.17 bits per heavy atom. The summed E-state index contributed by atoms with van der Waals surface area (Å²) < 4.78 is 10.6. The number of morpholine rings is 1. The molecule has 1 aliphatic heterocycles. The molecule has 1 saturated heterocycles. The van der Waals surface area contributed by atoms with E-state index < -0.39 is 5.60 Å². The first-order chi connectivity index (χ1) is 13.8. The maximum absolute atomic E-state index is 10.8. The predicted molar refractivity (Wildman–Crippen MR) is 133 cm³/mol. The van der Waals surface area contributed by atoms with E-state index in [1.54, 1.807) is 7.11 Å². The van der Waals surface area contributed by atoms with Gasteiger partial charge in [-0.1, -0.05) is 26.0 Å². The minimum atomic E-state index is -0.884. The van der Waals surface area contributed by atoms with Gasteiger partial charge in [0.2, 0.25) is 0 Å². The van der Waals surface area contributed by atoms with E-state index >= 15 is 0 Å². The number of aliphatic hydroxyl groups is 1. The molecule has 1 fully saturated rings. The number of nitrogens with zero attached hydrogens (tertiary/aromatic N) is 2. The third kappa shape index (κ3) is 8.95. The summed E-state index contributed by atoms with van der Waals surface area (Å²) in [5.41, 5.74) is 0.255. The van der Waals surface area contributed by atoms with Crippen molar-refractivity contribution in [3.05, 3.63) is 29.8 Å². The number of nitrogens with one attached hydrogen (secondary N) is 2. The summed E-state index contributed by atoms with van der Waals surface area (Å²) in [7, 11) is 1.68. The van der Waals surface area contributed by atoms with Crippen LogP contribution in [-0.4, -0.2) is 81.2 Å². The van der Waals surface area contributed by atoms with E-state index in [2.05, 4.69) is 46.5 Å². The molecule has 30 heavy (non-hydrogen) atoms. The van der Waals surface area contributed by atoms with Crippen LogP contribution in [0.3, 0.4) is 0 Å². The Balaban J connectivity index is 0.00000450. The van der Waals surface area contributed by atoms with E-state index in [1.807, 2.05) is 26.0 Å². The lowest BCUT2D eigenvalue weighted by molar-refractivity contribution is -0.0179. The summed E-state index contributed by atoms with van der Waals surface area (Å²) >= 11 is 0. The summed E-state index contributed by atoms with van der Waals surface area (Å²) in [6, 6.07) is 8.16. The van der Waals surface area contributed by atoms with Gasteiger partial charge in [-0.15, -0.1) is 24.0 Å². The molecule has 0 aliphatic carbocycles. The largest absolute Gasteiger partial charge is 0.497 e. The molecule has 0 aromatic heterocycles. The predicted octanol–water partition coefficient (Wildman–Crippen LogP) is 2.23. The van der Waals surface area contributed by atoms with E-state index in [9.17, 15) is 5.11 Å². The number of hydrogen-bond donors (Lipinski definition) is 3. The molecule has 0 bridgehead atoms. The molecule has 0 spiro atoms. The number of hydrogen-bond acceptors (Lipinski definition) is 5. The first-order valence-electron chi connectivity index (χ1n) is 10.4. The van der Waals surface area contributed by atoms with Gasteiger partial charge in [-0.25, -0.2) is 0 Å². The molecule has 0 amide bonds. The Morgan fingerprint density at radius 2 is 1.80 bits per heavy atom. The van der Waals surface area contributed by atoms with Crippen molar-refractivity contribution in [3.8, 4) is 5.75 Å². The van der Waals surface area contributed by atoms with Gasteiger partial charge in [0.25, 0.3) is 0 Å². The number of benzene rings is 1. The Labute approximate surface area is 198 Å². The van der Waals surface area contributed by atoms with Crippen LogP contribution < -0.4 is 15.4 Å². The summed E-state index contributed by atoms with van der Waals surface area (Å²) in [6.45, 7) is 13.8. The van der Waals surface area contributed by atoms with Crippen LogP contribution in [0.25, 0.3) is 0 Å². The molecular formula is C22H39IN4O3. The molecule has 1 heterocycles. The minimum absolute atomic E-state index is 0. The van der Waals surface area contributed by atoms with Crippen LogP contribution in [0.1, 0.15) is 33.3 Å². The Morgan fingerprint density at radius 3 is 2.37 bits per heavy atom. The fourth-order valence-corrected chi connectivity index (χ4v) is 3.33. The lowest BCUT2D eigenvalue weighted by atomic mass is 9.84. The number of aliphatic imine (C=N–C) groups is 1. The Kier molecular flexibility index (Phi) is 11.4. The molecule has 1 atom stereocenters. The number of halogens is 1. The molecular weight excluding hydrogens is 495 g/mol. The van der Waals surface area contributed by atoms with Crippen LogP contribution >= 0.6 is 24.0 Å². The van der Waals surface area contributed by atoms with Crippen molar-refractivity contribution < 1.29 is 14.6 Å². The minimum Gasteiger partial charge on any atom is -0.497 e. The fraction of sp³-hybridized carbons (Fsp3) is 0.682. The van der Waals surface area contributed by atoms with Crippen molar-refractivity contribution in [2.45, 2.75) is 38.7 Å². The molecule has 2 rings (SSSR count). The third-order valence-corrected chi connectivity index (χ3v) is 5.16. The topological polar surface area (TPSA) is 78.4 Å². The first kappa shape index (κ1) is 26.9. The van der Waals surface area contributed by atoms with Gasteiger partial charge >= 0.3 is 0 Å². The number of ether oxygens (including phenoxy) is 2. The van der Waals surface area contributed by atoms with Crippen molar-refractivity contribution in [3.63, 3.8) is 0 Å². The van der Waals surface area contributed by atoms with E-state index in [0.717, 1.165) is 51.1 Å². The maximum Gasteiger partial charge on any atom is 0.191 e. The van der Waals surface area contributed by atoms with Crippen molar-refractivity contribution in [1.29, 1.82) is 0 Å². The molecule has 7 nitrogen and oxygen atoms in total. The van der Waals surface area contributed by atoms with Gasteiger partial charge in [0.05, 0.1) is 32.5 Å². The van der Waals surface area contributed by atoms with Crippen LogP contribution in [-0.2, 0) is 10.2 Å². The average molecular weight is 534 g/mol. The second-order valence-electron chi connectivity index (χ2n) is 8.55. The van der Waals surface area contributed by atoms with Crippen molar-refractivity contribution in [1.82, 2.24) is 15.5 Å². The van der Waals surface area contributed by atoms with Crippen LogP contribution in [0, 0.1) is 0 Å². The summed E-state index contributed by atoms with van der Waals surface area (Å²) in [5.74, 6) is 1.58. The third-order valence-electron chi connectivity index (χ3n) is 5.16. The molecule has 0 saturated carbocycles. The number of guanidine groups is 1. The van der Waals surface area contributed by atoms with Gasteiger partial charge in [0, 0.05) is 38.1 Å². The Hall–Kier alpha value is -1.10. The summed E-state index contributed by atoms with van der Waals surface area (Å²) in [4.78, 5) is 6.87. The van der Waals surface area contributed by atoms with Gasteiger partial charge in [-0.05, 0) is 31.5 Å². The second-order valence-corrected chi connectivity index (χ2v) is 8.55. The maximum atomic E-state index is 10.8. The van der Waals surface area contributed by atoms with Gasteiger partial charge in [-0.2, -0.15) is 0 Å². The van der Waals surface area contributed by atoms with Crippen LogP contribution in [0.15, 0.2) is 29.3 Å². The number of methoxy groups -OCH3 is 1. The lowest BCUT2D eigenvalue weighted by Crippen LogP contribution is -2.48. The molecule has 1 aromatic carbocycles. The van der Waals surface area contributed by atoms with Crippen LogP contribution in [0.4, 0.5) is 0 Å². The van der Waals surface area contributed by atoms with E-state index in [4.69, 9.17) is 9.47 Å². The van der Waals surface area contributed by atoms with Gasteiger partial charge in [0.15, 0.2) is 5.96 Å². The molecule has 0 radical (unpaired) electrons. The summed E-state index contributed by atoms with van der Waals surface area (Å²) in [5, 5.41) is 17.5. The molecule has 172 valence electrons. The monoisotopic (exact) mass is 534 g/mol. The molecule has 1 aliphatic rings. The normalized spacial score (nSPS) is 17.6. The molecule has 3 N–H and O–H groups in total. The van der Waals surface area contributed by atoms with E-state index in [-0.39, 0.29) is 29.4 Å². The molecule has 8 heteroatoms. The quantitative estimate of drug-likeness (QED) is 0.256. The fourth-order valence-electron chi connectivity index (χ4n) is 3.33. The van der Waals surface area contributed by atoms with Gasteiger partial charge in [0.1, 0.15) is 5.75 Å². The van der Waals surface area contributed by atoms with Gasteiger partial charge < -0.3 is 25.2 Å². The summed E-state index contributed by atoms with van der Waals surface area (Å²) in [6.07, 6.45) is 0. The van der Waals surface area contributed by atoms with Crippen molar-refractivity contribution in [2.24, 2.45) is 4.99 Å². The molecule has 1 aromatic rings. The van der Waals surface area contributed by atoms with Crippen LogP contribution in [0.5, 0.6) is 5.75 Å². The highest BCUT2D eigenvalue weighted by molar-refractivity contribution is 14.0. The smallest absolute Gasteiger partial charge is 0.191 e. The van der Waals surface area contributed by atoms with Crippen LogP contribution in [0.2, 0.25) is 0 Å². The number of β-amino-alcohol motifs (C(OH)–C–C–N with tert-alkyl or cyclic N) is 1. The lowest BCUT2D eigenvalue weighted by Gasteiger charge is -2.33. The highest BCUT2D eigenvalue weighted by atomic mass is 127. The highest BCUT2D eigenvalue weighted by Gasteiger charge is 2.26. The zero-order valence-corrected chi connectivity index (χ0v) is 21.4. The average Bonchev–Trinajstić information content (AvgIpc) is 2.70. The SMILES string of the molecule is CCNC(=NCC(C)(O)CN1CCOCC1)NCC(C)(C)c1ccc(OC)cc1.I. The zero-order valence-electron chi connectivity index (χ0n) is 19.0. The number of rotatable bonds is 9. The van der Waals surface area contributed by atoms with E-state index in [0.29, 0.717) is 13.1 Å². The second kappa shape index (κ2) is 12.7. The Bertz CT molecular complexity index is 644. The molecule has 1 unspecified atom stereocenters. The van der Waals surface area contributed by atoms with Gasteiger partial charge in [-0.3, -0.25) is 9.89 Å². The highest BCUT2D eigenvalue weighted by Crippen LogP contribution is 2.24. The van der Waals surface area contributed by atoms with Crippen molar-refractivity contribution >= 4 is 29.9 Å². The van der Waals surface area contributed by atoms with Crippen molar-refractivity contribution in [2.75, 3.05) is 59.6 Å². The first-order valence-corrected chi connectivity index (χ1v) is 10.4.